The first-order valence-electron chi connectivity index (χ1n) is 31.9. The van der Waals surface area contributed by atoms with E-state index < -0.39 is 12.1 Å². The number of hydrogen-bond donors (Lipinski definition) is 3. The molecule has 0 aromatic heterocycles. The minimum atomic E-state index is -0.847. The Bertz CT molecular complexity index is 1210. The van der Waals surface area contributed by atoms with Gasteiger partial charge in [-0.25, -0.2) is 0 Å². The van der Waals surface area contributed by atoms with E-state index in [0.717, 1.165) is 51.4 Å². The lowest BCUT2D eigenvalue weighted by molar-refractivity contribution is -0.143. The second kappa shape index (κ2) is 61.4. The maximum atomic E-state index is 12.5. The summed E-state index contributed by atoms with van der Waals surface area (Å²) in [6, 6.07) is -0.631. The van der Waals surface area contributed by atoms with Crippen molar-refractivity contribution in [3.05, 3.63) is 48.6 Å². The average molecular weight is 1010 g/mol. The quantitative estimate of drug-likeness (QED) is 0.0320. The van der Waals surface area contributed by atoms with Crippen molar-refractivity contribution in [3.8, 4) is 0 Å². The van der Waals surface area contributed by atoms with Crippen molar-refractivity contribution < 1.29 is 24.5 Å². The molecule has 0 saturated carbocycles. The number of aliphatic hydroxyl groups is 2. The molecule has 0 spiro atoms. The highest BCUT2D eigenvalue weighted by atomic mass is 16.5. The van der Waals surface area contributed by atoms with Gasteiger partial charge >= 0.3 is 5.97 Å². The number of rotatable bonds is 59. The van der Waals surface area contributed by atoms with Crippen LogP contribution in [0.3, 0.4) is 0 Å². The Morgan fingerprint density at radius 2 is 0.708 bits per heavy atom. The summed E-state index contributed by atoms with van der Waals surface area (Å²) in [5, 5.41) is 23.2. The molecule has 1 amide bonds. The summed E-state index contributed by atoms with van der Waals surface area (Å²) < 4.78 is 5.45. The van der Waals surface area contributed by atoms with E-state index in [1.807, 2.05) is 6.08 Å². The van der Waals surface area contributed by atoms with Gasteiger partial charge in [0, 0.05) is 12.8 Å². The third kappa shape index (κ3) is 57.1. The molecule has 6 heteroatoms. The molecule has 3 N–H and O–H groups in total. The molecule has 6 nitrogen and oxygen atoms in total. The van der Waals surface area contributed by atoms with Crippen LogP contribution in [0.25, 0.3) is 0 Å². The lowest BCUT2D eigenvalue weighted by atomic mass is 10.0. The molecule has 0 aromatic rings. The zero-order valence-corrected chi connectivity index (χ0v) is 48.2. The highest BCUT2D eigenvalue weighted by molar-refractivity contribution is 5.76. The van der Waals surface area contributed by atoms with Crippen molar-refractivity contribution in [1.82, 2.24) is 5.32 Å². The van der Waals surface area contributed by atoms with Crippen molar-refractivity contribution in [1.29, 1.82) is 0 Å². The second-order valence-corrected chi connectivity index (χ2v) is 21.7. The van der Waals surface area contributed by atoms with Crippen LogP contribution in [-0.2, 0) is 14.3 Å². The predicted octanol–water partition coefficient (Wildman–Crippen LogP) is 20.1. The van der Waals surface area contributed by atoms with Gasteiger partial charge in [-0.2, -0.15) is 0 Å². The lowest BCUT2D eigenvalue weighted by Gasteiger charge is -2.20. The van der Waals surface area contributed by atoms with Crippen LogP contribution in [0.2, 0.25) is 0 Å². The number of carbonyl (C=O) groups is 2. The number of unbranched alkanes of at least 4 members (excludes halogenated alkanes) is 42. The summed E-state index contributed by atoms with van der Waals surface area (Å²) in [6.07, 6.45) is 78.7. The van der Waals surface area contributed by atoms with Crippen molar-refractivity contribution in [2.75, 3.05) is 13.2 Å². The number of hydrogen-bond acceptors (Lipinski definition) is 5. The van der Waals surface area contributed by atoms with Crippen LogP contribution in [0.5, 0.6) is 0 Å². The van der Waals surface area contributed by atoms with E-state index in [9.17, 15) is 19.8 Å². The molecule has 0 bridgehead atoms. The smallest absolute Gasteiger partial charge is 0.305 e. The highest BCUT2D eigenvalue weighted by Gasteiger charge is 2.18. The minimum Gasteiger partial charge on any atom is -0.466 e. The van der Waals surface area contributed by atoms with Gasteiger partial charge in [0.2, 0.25) is 5.91 Å². The Balaban J connectivity index is 3.46. The number of aliphatic hydroxyl groups excluding tert-OH is 2. The molecule has 0 heterocycles. The lowest BCUT2D eigenvalue weighted by Crippen LogP contribution is -2.45. The van der Waals surface area contributed by atoms with E-state index in [4.69, 9.17) is 4.74 Å². The van der Waals surface area contributed by atoms with Gasteiger partial charge in [0.25, 0.3) is 0 Å². The van der Waals surface area contributed by atoms with Crippen LogP contribution < -0.4 is 5.32 Å². The van der Waals surface area contributed by atoms with Gasteiger partial charge in [0.15, 0.2) is 0 Å². The molecule has 0 fully saturated rings. The summed E-state index contributed by atoms with van der Waals surface area (Å²) in [6.45, 7) is 4.87. The zero-order valence-electron chi connectivity index (χ0n) is 48.2. The Labute approximate surface area is 448 Å². The standard InChI is InChI=1S/C66H123NO5/c1-3-5-7-9-11-13-15-16-17-29-32-35-39-42-46-50-54-58-64(69)63(62-68)67-65(70)59-55-51-47-43-40-36-33-30-27-25-23-21-19-18-20-22-24-26-28-31-34-37-41-45-49-53-57-61-72-66(71)60-56-52-48-44-38-14-12-10-8-6-4-2/h10,12,18-19,22,24,54,58,63-64,68-69H,3-9,11,13-17,20-21,23,25-53,55-57,59-62H2,1-2H3,(H,67,70)/b12-10-,19-18-,24-22-,58-54+. The molecule has 2 atom stereocenters. The first kappa shape index (κ1) is 69.8. The zero-order chi connectivity index (χ0) is 52.2. The second-order valence-electron chi connectivity index (χ2n) is 21.7. The van der Waals surface area contributed by atoms with E-state index in [1.54, 1.807) is 6.08 Å². The molecule has 0 aromatic carbocycles. The van der Waals surface area contributed by atoms with Crippen LogP contribution in [0.1, 0.15) is 335 Å². The molecule has 0 saturated heterocycles. The highest BCUT2D eigenvalue weighted by Crippen LogP contribution is 2.17. The van der Waals surface area contributed by atoms with E-state index in [2.05, 4.69) is 55.6 Å². The fourth-order valence-electron chi connectivity index (χ4n) is 9.65. The summed E-state index contributed by atoms with van der Waals surface area (Å²) >= 11 is 0. The maximum Gasteiger partial charge on any atom is 0.305 e. The summed E-state index contributed by atoms with van der Waals surface area (Å²) in [7, 11) is 0. The average Bonchev–Trinajstić information content (AvgIpc) is 3.38. The maximum absolute atomic E-state index is 12.5. The topological polar surface area (TPSA) is 95.9 Å². The monoisotopic (exact) mass is 1010 g/mol. The van der Waals surface area contributed by atoms with Crippen LogP contribution >= 0.6 is 0 Å². The van der Waals surface area contributed by atoms with E-state index in [1.165, 1.54) is 257 Å². The van der Waals surface area contributed by atoms with Gasteiger partial charge in [-0.1, -0.05) is 287 Å². The number of esters is 1. The number of nitrogens with one attached hydrogen (secondary N) is 1. The predicted molar refractivity (Wildman–Crippen MR) is 315 cm³/mol. The summed E-state index contributed by atoms with van der Waals surface area (Å²) in [4.78, 5) is 24.5. The normalized spacial score (nSPS) is 12.9. The van der Waals surface area contributed by atoms with Gasteiger partial charge in [0.05, 0.1) is 25.4 Å². The van der Waals surface area contributed by atoms with E-state index in [0.29, 0.717) is 19.4 Å². The molecule has 422 valence electrons. The first-order valence-corrected chi connectivity index (χ1v) is 31.9. The number of ether oxygens (including phenoxy) is 1. The van der Waals surface area contributed by atoms with Crippen LogP contribution in [0.4, 0.5) is 0 Å². The van der Waals surface area contributed by atoms with Gasteiger partial charge in [-0.05, 0) is 83.5 Å². The number of carbonyl (C=O) groups excluding carboxylic acids is 2. The van der Waals surface area contributed by atoms with Crippen LogP contribution in [-0.4, -0.2) is 47.4 Å². The molecular formula is C66H123NO5. The van der Waals surface area contributed by atoms with Gasteiger partial charge in [-0.15, -0.1) is 0 Å². The minimum absolute atomic E-state index is 0.00118. The largest absolute Gasteiger partial charge is 0.466 e. The molecule has 2 unspecified atom stereocenters. The molecule has 0 aliphatic rings. The Morgan fingerprint density at radius 3 is 1.11 bits per heavy atom. The van der Waals surface area contributed by atoms with Gasteiger partial charge < -0.3 is 20.3 Å². The summed E-state index contributed by atoms with van der Waals surface area (Å²) in [5.41, 5.74) is 0. The summed E-state index contributed by atoms with van der Waals surface area (Å²) in [5.74, 6) is -0.0709. The first-order chi connectivity index (χ1) is 35.5. The SMILES string of the molecule is CCCC/C=C\CCCCCCCC(=O)OCCCCCCCCCCC/C=C\C/C=C\CCCCCCCCCCCCCC(=O)NC(CO)C(O)/C=C/CCCCCCCCCCCCCCCCC. The van der Waals surface area contributed by atoms with E-state index >= 15 is 0 Å². The molecule has 0 rings (SSSR count). The molecule has 0 radical (unpaired) electrons. The Morgan fingerprint density at radius 1 is 0.389 bits per heavy atom. The molecule has 0 aliphatic carbocycles. The van der Waals surface area contributed by atoms with Gasteiger partial charge in [-0.3, -0.25) is 9.59 Å². The molecule has 72 heavy (non-hydrogen) atoms. The van der Waals surface area contributed by atoms with E-state index in [-0.39, 0.29) is 18.5 Å². The molecule has 0 aliphatic heterocycles. The van der Waals surface area contributed by atoms with Gasteiger partial charge in [0.1, 0.15) is 0 Å². The third-order valence-corrected chi connectivity index (χ3v) is 14.6. The van der Waals surface area contributed by atoms with Crippen LogP contribution in [0, 0.1) is 0 Å². The third-order valence-electron chi connectivity index (χ3n) is 14.6. The Kier molecular flexibility index (Phi) is 59.5. The Hall–Kier alpha value is -2.18. The fraction of sp³-hybridized carbons (Fsp3) is 0.848. The number of allylic oxidation sites excluding steroid dienone is 7. The van der Waals surface area contributed by atoms with Crippen LogP contribution in [0.15, 0.2) is 48.6 Å². The fourth-order valence-corrected chi connectivity index (χ4v) is 9.65. The van der Waals surface area contributed by atoms with Crippen molar-refractivity contribution >= 4 is 11.9 Å². The molecular weight excluding hydrogens is 887 g/mol. The van der Waals surface area contributed by atoms with Crippen molar-refractivity contribution in [3.63, 3.8) is 0 Å². The number of amides is 1. The van der Waals surface area contributed by atoms with Crippen molar-refractivity contribution in [2.45, 2.75) is 347 Å². The van der Waals surface area contributed by atoms with Crippen molar-refractivity contribution in [2.24, 2.45) is 0 Å².